The van der Waals surface area contributed by atoms with E-state index in [0.717, 1.165) is 71.6 Å². The van der Waals surface area contributed by atoms with E-state index in [2.05, 4.69) is 222 Å². The zero-order chi connectivity index (χ0) is 48.5. The Bertz CT molecular complexity index is 3600. The minimum Gasteiger partial charge on any atom is -0.456 e. The van der Waals surface area contributed by atoms with Gasteiger partial charge in [-0.25, -0.2) is 0 Å². The van der Waals surface area contributed by atoms with Crippen molar-refractivity contribution in [2.24, 2.45) is 0 Å². The van der Waals surface area contributed by atoms with Crippen LogP contribution in [0.3, 0.4) is 0 Å². The molecule has 0 fully saturated rings. The van der Waals surface area contributed by atoms with Gasteiger partial charge in [-0.1, -0.05) is 50.2 Å². The molecule has 11 aromatic rings. The fourth-order valence-electron chi connectivity index (χ4n) is 11.0. The normalized spacial score (nSPS) is 12.0. The van der Waals surface area contributed by atoms with Crippen molar-refractivity contribution >= 4 is 99.5 Å². The fourth-order valence-corrected chi connectivity index (χ4v) is 11.0. The molecule has 0 radical (unpaired) electrons. The summed E-state index contributed by atoms with van der Waals surface area (Å²) in [6.45, 7) is 31.2. The Morgan fingerprint density at radius 2 is 0.652 bits per heavy atom. The van der Waals surface area contributed by atoms with Crippen molar-refractivity contribution in [1.29, 1.82) is 0 Å². The predicted molar refractivity (Wildman–Crippen MR) is 296 cm³/mol. The molecule has 0 aliphatic carbocycles. The molecule has 0 aliphatic heterocycles. The van der Waals surface area contributed by atoms with Crippen LogP contribution in [0.5, 0.6) is 0 Å². The summed E-state index contributed by atoms with van der Waals surface area (Å²) in [5, 5.41) is 9.09. The zero-order valence-corrected chi connectivity index (χ0v) is 42.8. The molecule has 0 N–H and O–H groups in total. The van der Waals surface area contributed by atoms with E-state index in [1.807, 2.05) is 0 Å². The Morgan fingerprint density at radius 3 is 0.971 bits per heavy atom. The molecular weight excluding hydrogens is 841 g/mol. The summed E-state index contributed by atoms with van der Waals surface area (Å²) in [6, 6.07) is 43.3. The topological polar surface area (TPSA) is 32.8 Å². The number of benzene rings is 9. The van der Waals surface area contributed by atoms with E-state index in [0.29, 0.717) is 0 Å². The van der Waals surface area contributed by atoms with Crippen molar-refractivity contribution in [3.8, 4) is 0 Å². The summed E-state index contributed by atoms with van der Waals surface area (Å²) in [5.41, 5.74) is 27.3. The maximum absolute atomic E-state index is 7.00. The molecule has 0 amide bonds. The SMILES string of the molecule is Cc1ccc(N(c2ccc3cc4c(cc3c2)oc2c(C(C)C)c3oc5cc6cc(N(c7ccc(C)c(C)c7C)c7ccc(C)c(C)c7C)ccc6cc5c3cc24)c2ccc(C)c(C)c2C)c(C)c1C. The van der Waals surface area contributed by atoms with Crippen LogP contribution in [0, 0.1) is 83.1 Å². The second-order valence-corrected chi connectivity index (χ2v) is 20.4. The van der Waals surface area contributed by atoms with Gasteiger partial charge in [-0.2, -0.15) is 0 Å². The van der Waals surface area contributed by atoms with Gasteiger partial charge in [-0.15, -0.1) is 0 Å². The van der Waals surface area contributed by atoms with Gasteiger partial charge >= 0.3 is 0 Å². The summed E-state index contributed by atoms with van der Waals surface area (Å²) in [6.07, 6.45) is 0. The lowest BCUT2D eigenvalue weighted by molar-refractivity contribution is 0.638. The Labute approximate surface area is 406 Å². The highest BCUT2D eigenvalue weighted by atomic mass is 16.3. The minimum absolute atomic E-state index is 0.159. The van der Waals surface area contributed by atoms with E-state index < -0.39 is 0 Å². The molecule has 0 aliphatic rings. The molecule has 2 aromatic heterocycles. The smallest absolute Gasteiger partial charge is 0.142 e. The Hall–Kier alpha value is -7.30. The first kappa shape index (κ1) is 44.2. The maximum atomic E-state index is 7.00. The van der Waals surface area contributed by atoms with Gasteiger partial charge in [0.25, 0.3) is 0 Å². The standard InChI is InChI=1S/C65H62N2O2/c1-34(2)63-64-55(53-29-47-19-21-51(27-49(47)31-61(53)68-64)66(57-23-15-35(3)39(7)43(57)11)58-24-16-36(4)40(8)44(58)12)33-56-54-30-48-20-22-52(28-50(48)32-62(54)69-65(56)63)67(59-25-17-37(5)41(9)45(59)13)60-26-18-38(6)42(10)46(60)14/h15-34H,1-14H3. The van der Waals surface area contributed by atoms with Crippen LogP contribution in [0.15, 0.2) is 124 Å². The summed E-state index contributed by atoms with van der Waals surface area (Å²) < 4.78 is 14.0. The first-order valence-electron chi connectivity index (χ1n) is 24.6. The minimum atomic E-state index is 0.159. The van der Waals surface area contributed by atoms with Gasteiger partial charge in [0, 0.05) is 61.2 Å². The third kappa shape index (κ3) is 6.85. The van der Waals surface area contributed by atoms with Gasteiger partial charge < -0.3 is 18.6 Å². The molecule has 0 unspecified atom stereocenters. The van der Waals surface area contributed by atoms with Crippen molar-refractivity contribution in [2.45, 2.75) is 103 Å². The Kier molecular flexibility index (Phi) is 10.4. The predicted octanol–water partition coefficient (Wildman–Crippen LogP) is 19.6. The van der Waals surface area contributed by atoms with E-state index >= 15 is 0 Å². The molecule has 9 aromatic carbocycles. The monoisotopic (exact) mass is 902 g/mol. The molecule has 0 saturated carbocycles. The summed E-state index contributed by atoms with van der Waals surface area (Å²) in [5.74, 6) is 0.159. The first-order valence-corrected chi connectivity index (χ1v) is 24.6. The lowest BCUT2D eigenvalue weighted by Gasteiger charge is -2.30. The van der Waals surface area contributed by atoms with E-state index in [9.17, 15) is 0 Å². The zero-order valence-electron chi connectivity index (χ0n) is 42.8. The quantitative estimate of drug-likeness (QED) is 0.160. The van der Waals surface area contributed by atoms with Crippen molar-refractivity contribution in [3.63, 3.8) is 0 Å². The van der Waals surface area contributed by atoms with Crippen LogP contribution in [-0.2, 0) is 0 Å². The van der Waals surface area contributed by atoms with Crippen LogP contribution >= 0.6 is 0 Å². The second-order valence-electron chi connectivity index (χ2n) is 20.4. The van der Waals surface area contributed by atoms with Crippen molar-refractivity contribution in [1.82, 2.24) is 0 Å². The average molecular weight is 903 g/mol. The van der Waals surface area contributed by atoms with Crippen molar-refractivity contribution in [3.05, 3.63) is 188 Å². The van der Waals surface area contributed by atoms with Crippen LogP contribution < -0.4 is 9.80 Å². The number of anilines is 6. The van der Waals surface area contributed by atoms with Crippen LogP contribution in [0.2, 0.25) is 0 Å². The molecular formula is C65H62N2O2. The highest BCUT2D eigenvalue weighted by Gasteiger charge is 2.25. The summed E-state index contributed by atoms with van der Waals surface area (Å²) in [4.78, 5) is 4.89. The number of rotatable bonds is 7. The van der Waals surface area contributed by atoms with Gasteiger partial charge in [0.2, 0.25) is 0 Å². The lowest BCUT2D eigenvalue weighted by Crippen LogP contribution is -2.14. The average Bonchev–Trinajstić information content (AvgIpc) is 3.87. The fraction of sp³-hybridized carbons (Fsp3) is 0.231. The largest absolute Gasteiger partial charge is 0.456 e. The summed E-state index contributed by atoms with van der Waals surface area (Å²) >= 11 is 0. The lowest BCUT2D eigenvalue weighted by atomic mass is 9.95. The van der Waals surface area contributed by atoms with Crippen LogP contribution in [-0.4, -0.2) is 0 Å². The molecule has 69 heavy (non-hydrogen) atoms. The molecule has 0 saturated heterocycles. The number of furan rings is 2. The Balaban J connectivity index is 1.06. The molecule has 0 spiro atoms. The van der Waals surface area contributed by atoms with Gasteiger partial charge in [0.05, 0.1) is 0 Å². The van der Waals surface area contributed by atoms with Gasteiger partial charge in [0.15, 0.2) is 0 Å². The van der Waals surface area contributed by atoms with Gasteiger partial charge in [0.1, 0.15) is 22.3 Å². The van der Waals surface area contributed by atoms with Gasteiger partial charge in [-0.3, -0.25) is 0 Å². The highest BCUT2D eigenvalue weighted by Crippen LogP contribution is 2.47. The molecule has 2 heterocycles. The molecule has 0 bridgehead atoms. The van der Waals surface area contributed by atoms with Crippen LogP contribution in [0.1, 0.15) is 92.1 Å². The van der Waals surface area contributed by atoms with Gasteiger partial charge in [-0.05, 0) is 256 Å². The van der Waals surface area contributed by atoms with Crippen molar-refractivity contribution in [2.75, 3.05) is 9.80 Å². The molecule has 344 valence electrons. The maximum Gasteiger partial charge on any atom is 0.142 e. The number of fused-ring (bicyclic) bond motifs is 8. The third-order valence-corrected chi connectivity index (χ3v) is 16.3. The molecule has 0 atom stereocenters. The Morgan fingerprint density at radius 1 is 0.319 bits per heavy atom. The van der Waals surface area contributed by atoms with Crippen molar-refractivity contribution < 1.29 is 8.83 Å². The van der Waals surface area contributed by atoms with Crippen LogP contribution in [0.4, 0.5) is 34.1 Å². The molecule has 11 rings (SSSR count). The van der Waals surface area contributed by atoms with E-state index in [-0.39, 0.29) is 5.92 Å². The number of nitrogens with zero attached hydrogens (tertiary/aromatic N) is 2. The summed E-state index contributed by atoms with van der Waals surface area (Å²) in [7, 11) is 0. The third-order valence-electron chi connectivity index (χ3n) is 16.3. The van der Waals surface area contributed by atoms with E-state index in [1.54, 1.807) is 0 Å². The first-order chi connectivity index (χ1) is 33.0. The van der Waals surface area contributed by atoms with E-state index in [4.69, 9.17) is 8.83 Å². The van der Waals surface area contributed by atoms with Crippen LogP contribution in [0.25, 0.3) is 65.4 Å². The number of hydrogen-bond acceptors (Lipinski definition) is 4. The van der Waals surface area contributed by atoms with E-state index in [1.165, 1.54) is 100 Å². The molecule has 4 heteroatoms. The number of aryl methyl sites for hydroxylation is 4. The number of hydrogen-bond donors (Lipinski definition) is 0. The molecule has 4 nitrogen and oxygen atoms in total. The highest BCUT2D eigenvalue weighted by molar-refractivity contribution is 6.20. The second kappa shape index (κ2) is 16.2.